The lowest BCUT2D eigenvalue weighted by molar-refractivity contribution is 0.174. The first kappa shape index (κ1) is 57.0. The molecule has 6 aromatic rings. The van der Waals surface area contributed by atoms with Crippen molar-refractivity contribution >= 4 is 33.7 Å². The Kier molecular flexibility index (Phi) is 23.4. The predicted molar refractivity (Wildman–Crippen MR) is 315 cm³/mol. The van der Waals surface area contributed by atoms with E-state index in [1.807, 2.05) is 10.8 Å². The minimum absolute atomic E-state index is 0.475. The average molecular weight is 1080 g/mol. The predicted octanol–water partition coefficient (Wildman–Crippen LogP) is 18.9. The molecule has 5 heterocycles. The van der Waals surface area contributed by atoms with Gasteiger partial charge in [0.05, 0.1) is 58.6 Å². The quantitative estimate of drug-likeness (QED) is 0.0354. The van der Waals surface area contributed by atoms with E-state index < -0.39 is 0 Å². The van der Waals surface area contributed by atoms with Crippen molar-refractivity contribution < 1.29 is 37.9 Å². The van der Waals surface area contributed by atoms with E-state index in [9.17, 15) is 0 Å². The van der Waals surface area contributed by atoms with Crippen LogP contribution in [0.4, 0.5) is 0 Å². The fraction of sp³-hybridized carbons (Fsp3) is 0.562. The molecule has 0 bridgehead atoms. The summed E-state index contributed by atoms with van der Waals surface area (Å²) >= 11 is 3.20. The highest BCUT2D eigenvalue weighted by Crippen LogP contribution is 2.52. The van der Waals surface area contributed by atoms with Crippen LogP contribution in [0.3, 0.4) is 0 Å². The molecule has 0 unspecified atom stereocenters. The maximum Gasteiger partial charge on any atom is 0.180 e. The normalized spacial score (nSPS) is 12.8. The summed E-state index contributed by atoms with van der Waals surface area (Å²) in [5, 5.41) is 4.07. The van der Waals surface area contributed by atoms with Gasteiger partial charge < -0.3 is 37.9 Å². The zero-order chi connectivity index (χ0) is 52.6. The second-order valence-electron chi connectivity index (χ2n) is 20.5. The van der Waals surface area contributed by atoms with Crippen molar-refractivity contribution in [2.45, 2.75) is 182 Å². The smallest absolute Gasteiger partial charge is 0.180 e. The van der Waals surface area contributed by atoms with E-state index in [0.717, 1.165) is 152 Å². The third-order valence-electron chi connectivity index (χ3n) is 14.4. The number of nitrogens with zero attached hydrogens (tertiary/aromatic N) is 2. The highest BCUT2D eigenvalue weighted by Gasteiger charge is 2.28. The number of benzene rings is 3. The molecule has 2 aliphatic heterocycles. The van der Waals surface area contributed by atoms with Gasteiger partial charge in [0.2, 0.25) is 0 Å². The zero-order valence-electron chi connectivity index (χ0n) is 46.4. The van der Waals surface area contributed by atoms with Crippen LogP contribution >= 0.6 is 22.7 Å². The van der Waals surface area contributed by atoms with E-state index in [1.54, 1.807) is 22.7 Å². The summed E-state index contributed by atoms with van der Waals surface area (Å²) in [5.41, 5.74) is 6.50. The van der Waals surface area contributed by atoms with E-state index in [0.29, 0.717) is 52.9 Å². The number of ether oxygens (including phenoxy) is 8. The number of hydrogen-bond acceptors (Lipinski definition) is 12. The molecule has 412 valence electrons. The van der Waals surface area contributed by atoms with Gasteiger partial charge in [-0.1, -0.05) is 168 Å². The minimum atomic E-state index is 0.475. The van der Waals surface area contributed by atoms with Gasteiger partial charge in [-0.05, 0) is 62.1 Å². The molecule has 0 spiro atoms. The maximum absolute atomic E-state index is 6.75. The molecular formula is C64H86N2O8S2. The van der Waals surface area contributed by atoms with Crippen molar-refractivity contribution in [1.82, 2.24) is 9.97 Å². The van der Waals surface area contributed by atoms with Crippen molar-refractivity contribution in [2.75, 3.05) is 52.9 Å². The van der Waals surface area contributed by atoms with Crippen LogP contribution in [-0.2, 0) is 0 Å². The van der Waals surface area contributed by atoms with Crippen LogP contribution in [-0.4, -0.2) is 62.8 Å². The Balaban J connectivity index is 1.25. The number of aromatic nitrogens is 2. The van der Waals surface area contributed by atoms with Crippen molar-refractivity contribution in [3.8, 4) is 89.4 Å². The van der Waals surface area contributed by atoms with Crippen LogP contribution < -0.4 is 37.9 Å². The van der Waals surface area contributed by atoms with Gasteiger partial charge in [-0.15, -0.1) is 22.7 Å². The summed E-state index contributed by atoms with van der Waals surface area (Å²) < 4.78 is 51.5. The SMILES string of the molecule is CCCCCCCCOc1ccc(-c2nc3c(-c4scc5c4OCCO5)ccc(-c4scc5c4OCCO5)c3nc2-c2ccc(OCCCCCCCC)c(OCCCCCCCC)c2)cc1OCCCCCCCC. The molecular weight excluding hydrogens is 989 g/mol. The Bertz CT molecular complexity index is 2500. The van der Waals surface area contributed by atoms with E-state index in [2.05, 4.69) is 76.2 Å². The molecule has 10 nitrogen and oxygen atoms in total. The number of fused-ring (bicyclic) bond motifs is 3. The molecule has 0 amide bonds. The summed E-state index contributed by atoms with van der Waals surface area (Å²) in [6.45, 7) is 13.5. The molecule has 0 saturated carbocycles. The molecule has 0 atom stereocenters. The van der Waals surface area contributed by atoms with Crippen molar-refractivity contribution in [2.24, 2.45) is 0 Å². The molecule has 0 saturated heterocycles. The fourth-order valence-electron chi connectivity index (χ4n) is 10.0. The van der Waals surface area contributed by atoms with Gasteiger partial charge in [-0.3, -0.25) is 0 Å². The number of hydrogen-bond donors (Lipinski definition) is 0. The molecule has 3 aromatic heterocycles. The van der Waals surface area contributed by atoms with Gasteiger partial charge >= 0.3 is 0 Å². The molecule has 12 heteroatoms. The number of thiophene rings is 2. The first-order valence-electron chi connectivity index (χ1n) is 29.5. The Morgan fingerprint density at radius 3 is 1.08 bits per heavy atom. The summed E-state index contributed by atoms with van der Waals surface area (Å²) in [5.74, 6) is 5.94. The lowest BCUT2D eigenvalue weighted by atomic mass is 9.99. The lowest BCUT2D eigenvalue weighted by Gasteiger charge is -2.20. The van der Waals surface area contributed by atoms with Crippen LogP contribution in [0.2, 0.25) is 0 Å². The average Bonchev–Trinajstić information content (AvgIpc) is 4.10. The second-order valence-corrected chi connectivity index (χ2v) is 22.2. The number of unbranched alkanes of at least 4 members (excludes halogenated alkanes) is 20. The van der Waals surface area contributed by atoms with Crippen LogP contribution in [0.1, 0.15) is 182 Å². The summed E-state index contributed by atoms with van der Waals surface area (Å²) in [6.07, 6.45) is 28.5. The van der Waals surface area contributed by atoms with Gasteiger partial charge in [0.15, 0.2) is 46.0 Å². The summed E-state index contributed by atoms with van der Waals surface area (Å²) in [7, 11) is 0. The van der Waals surface area contributed by atoms with Crippen LogP contribution in [0.15, 0.2) is 59.3 Å². The van der Waals surface area contributed by atoms with Gasteiger partial charge in [-0.25, -0.2) is 9.97 Å². The van der Waals surface area contributed by atoms with Gasteiger partial charge in [0.1, 0.15) is 26.4 Å². The third kappa shape index (κ3) is 15.7. The molecule has 0 N–H and O–H groups in total. The van der Waals surface area contributed by atoms with E-state index in [4.69, 9.17) is 47.9 Å². The van der Waals surface area contributed by atoms with Crippen molar-refractivity contribution in [3.05, 3.63) is 59.3 Å². The number of rotatable bonds is 36. The van der Waals surface area contributed by atoms with Gasteiger partial charge in [-0.2, -0.15) is 0 Å². The Labute approximate surface area is 462 Å². The lowest BCUT2D eigenvalue weighted by Crippen LogP contribution is -2.14. The second kappa shape index (κ2) is 31.3. The van der Waals surface area contributed by atoms with E-state index >= 15 is 0 Å². The maximum atomic E-state index is 6.75. The van der Waals surface area contributed by atoms with Crippen molar-refractivity contribution in [1.29, 1.82) is 0 Å². The highest BCUT2D eigenvalue weighted by molar-refractivity contribution is 7.15. The highest BCUT2D eigenvalue weighted by atomic mass is 32.1. The van der Waals surface area contributed by atoms with E-state index in [1.165, 1.54) is 103 Å². The van der Waals surface area contributed by atoms with Gasteiger partial charge in [0, 0.05) is 33.0 Å². The molecule has 3 aromatic carbocycles. The summed E-state index contributed by atoms with van der Waals surface area (Å²) in [4.78, 5) is 13.5. The molecule has 0 fully saturated rings. The standard InChI is InChI=1S/C64H86N2O8S2/c1-5-9-13-17-21-25-35-67-51-33-29-47(43-53(51)69-37-27-23-19-15-11-7-3)57-58(48-30-34-52(68-36-26-22-18-14-10-6-2)54(44-48)70-38-28-24-20-16-12-8-4)66-60-50(64-62-56(46-76-64)72-40-42-74-62)32-31-49(59(60)65-57)63-61-55(45-75-63)71-39-41-73-61/h29-34,43-46H,5-28,35-42H2,1-4H3. The van der Waals surface area contributed by atoms with Crippen LogP contribution in [0.25, 0.3) is 54.4 Å². The van der Waals surface area contributed by atoms with Crippen LogP contribution in [0, 0.1) is 0 Å². The third-order valence-corrected chi connectivity index (χ3v) is 16.3. The first-order valence-corrected chi connectivity index (χ1v) is 31.3. The topological polar surface area (TPSA) is 99.6 Å². The monoisotopic (exact) mass is 1070 g/mol. The molecule has 0 aliphatic carbocycles. The Morgan fingerprint density at radius 1 is 0.382 bits per heavy atom. The van der Waals surface area contributed by atoms with Crippen LogP contribution in [0.5, 0.6) is 46.0 Å². The zero-order valence-corrected chi connectivity index (χ0v) is 48.0. The molecule has 2 aliphatic rings. The largest absolute Gasteiger partial charge is 0.490 e. The molecule has 76 heavy (non-hydrogen) atoms. The molecule has 8 rings (SSSR count). The minimum Gasteiger partial charge on any atom is -0.490 e. The molecule has 0 radical (unpaired) electrons. The summed E-state index contributed by atoms with van der Waals surface area (Å²) in [6, 6.07) is 16.9. The fourth-order valence-corrected chi connectivity index (χ4v) is 12.0. The Morgan fingerprint density at radius 2 is 0.711 bits per heavy atom. The van der Waals surface area contributed by atoms with Crippen molar-refractivity contribution in [3.63, 3.8) is 0 Å². The first-order chi connectivity index (χ1) is 37.6. The van der Waals surface area contributed by atoms with Gasteiger partial charge in [0.25, 0.3) is 0 Å². The Hall–Kier alpha value is -5.20. The van der Waals surface area contributed by atoms with E-state index in [-0.39, 0.29) is 0 Å².